The molecule has 0 aliphatic rings. The summed E-state index contributed by atoms with van der Waals surface area (Å²) in [5.41, 5.74) is -0.406. The molecule has 1 aromatic rings. The second-order valence-electron chi connectivity index (χ2n) is 2.73. The summed E-state index contributed by atoms with van der Waals surface area (Å²) in [5.74, 6) is -1.03. The second kappa shape index (κ2) is 4.09. The van der Waals surface area contributed by atoms with Crippen LogP contribution < -0.4 is 0 Å². The molecule has 0 aliphatic heterocycles. The van der Waals surface area contributed by atoms with Crippen LogP contribution in [-0.4, -0.2) is 4.98 Å². The SMILES string of the molecule is Cc1c(CC#N)ncc(F)c1C(F)F. The Hall–Kier alpha value is -1.57. The molecule has 0 amide bonds. The fourth-order valence-electron chi connectivity index (χ4n) is 1.16. The third kappa shape index (κ3) is 1.84. The van der Waals surface area contributed by atoms with Crippen LogP contribution in [0.3, 0.4) is 0 Å². The Labute approximate surface area is 79.0 Å². The summed E-state index contributed by atoms with van der Waals surface area (Å²) >= 11 is 0. The summed E-state index contributed by atoms with van der Waals surface area (Å²) < 4.78 is 37.6. The molecule has 1 rings (SSSR count). The lowest BCUT2D eigenvalue weighted by molar-refractivity contribution is 0.145. The number of hydrogen-bond acceptors (Lipinski definition) is 2. The van der Waals surface area contributed by atoms with E-state index in [0.717, 1.165) is 6.20 Å². The van der Waals surface area contributed by atoms with E-state index >= 15 is 0 Å². The van der Waals surface area contributed by atoms with Gasteiger partial charge in [0, 0.05) is 0 Å². The number of nitrogens with zero attached hydrogens (tertiary/aromatic N) is 2. The van der Waals surface area contributed by atoms with Gasteiger partial charge in [-0.2, -0.15) is 5.26 Å². The van der Waals surface area contributed by atoms with Crippen molar-refractivity contribution in [3.63, 3.8) is 0 Å². The average Bonchev–Trinajstić information content (AvgIpc) is 2.10. The van der Waals surface area contributed by atoms with Crippen LogP contribution in [0.1, 0.15) is 23.2 Å². The van der Waals surface area contributed by atoms with Gasteiger partial charge < -0.3 is 0 Å². The molecule has 0 radical (unpaired) electrons. The lowest BCUT2D eigenvalue weighted by Gasteiger charge is -2.08. The van der Waals surface area contributed by atoms with Crippen molar-refractivity contribution < 1.29 is 13.2 Å². The number of hydrogen-bond donors (Lipinski definition) is 0. The van der Waals surface area contributed by atoms with Crippen molar-refractivity contribution in [2.24, 2.45) is 0 Å². The van der Waals surface area contributed by atoms with Gasteiger partial charge in [0.15, 0.2) is 5.82 Å². The summed E-state index contributed by atoms with van der Waals surface area (Å²) in [5, 5.41) is 8.37. The van der Waals surface area contributed by atoms with Crippen LogP contribution in [0.4, 0.5) is 13.2 Å². The maximum atomic E-state index is 12.9. The monoisotopic (exact) mass is 200 g/mol. The molecular formula is C9H7F3N2. The molecule has 0 saturated heterocycles. The van der Waals surface area contributed by atoms with E-state index in [1.807, 2.05) is 0 Å². The molecule has 1 heterocycles. The first-order chi connectivity index (χ1) is 6.57. The third-order valence-corrected chi connectivity index (χ3v) is 1.89. The molecule has 0 aliphatic carbocycles. The van der Waals surface area contributed by atoms with Crippen LogP contribution in [0.25, 0.3) is 0 Å². The molecule has 0 N–H and O–H groups in total. The quantitative estimate of drug-likeness (QED) is 0.735. The van der Waals surface area contributed by atoms with Gasteiger partial charge in [-0.25, -0.2) is 13.2 Å². The van der Waals surface area contributed by atoms with Gasteiger partial charge in [0.25, 0.3) is 6.43 Å². The summed E-state index contributed by atoms with van der Waals surface area (Å²) in [4.78, 5) is 3.58. The minimum absolute atomic E-state index is 0.0570. The van der Waals surface area contributed by atoms with Crippen LogP contribution in [0.5, 0.6) is 0 Å². The van der Waals surface area contributed by atoms with E-state index in [4.69, 9.17) is 5.26 Å². The Kier molecular flexibility index (Phi) is 3.07. The van der Waals surface area contributed by atoms with Crippen molar-refractivity contribution >= 4 is 0 Å². The van der Waals surface area contributed by atoms with Gasteiger partial charge >= 0.3 is 0 Å². The number of pyridine rings is 1. The summed E-state index contributed by atoms with van der Waals surface area (Å²) in [6.07, 6.45) is -2.25. The minimum atomic E-state index is -2.88. The first-order valence-electron chi connectivity index (χ1n) is 3.87. The second-order valence-corrected chi connectivity index (χ2v) is 2.73. The largest absolute Gasteiger partial charge is 0.267 e. The molecule has 0 unspecified atom stereocenters. The lowest BCUT2D eigenvalue weighted by Crippen LogP contribution is -2.02. The van der Waals surface area contributed by atoms with Gasteiger partial charge in [0.05, 0.1) is 29.9 Å². The first kappa shape index (κ1) is 10.5. The van der Waals surface area contributed by atoms with Crippen LogP contribution in [0, 0.1) is 24.1 Å². The Morgan fingerprint density at radius 2 is 2.21 bits per heavy atom. The van der Waals surface area contributed by atoms with E-state index in [9.17, 15) is 13.2 Å². The highest BCUT2D eigenvalue weighted by atomic mass is 19.3. The number of aromatic nitrogens is 1. The predicted octanol–water partition coefficient (Wildman–Crippen LogP) is 2.53. The van der Waals surface area contributed by atoms with Gasteiger partial charge in [-0.3, -0.25) is 4.98 Å². The van der Waals surface area contributed by atoms with E-state index in [-0.39, 0.29) is 17.7 Å². The van der Waals surface area contributed by atoms with E-state index in [1.54, 1.807) is 6.07 Å². The van der Waals surface area contributed by atoms with Crippen molar-refractivity contribution in [2.75, 3.05) is 0 Å². The maximum Gasteiger partial charge on any atom is 0.267 e. The highest BCUT2D eigenvalue weighted by Gasteiger charge is 2.19. The fourth-order valence-corrected chi connectivity index (χ4v) is 1.16. The summed E-state index contributed by atoms with van der Waals surface area (Å²) in [6, 6.07) is 1.78. The fraction of sp³-hybridized carbons (Fsp3) is 0.333. The van der Waals surface area contributed by atoms with Crippen LogP contribution >= 0.6 is 0 Å². The topological polar surface area (TPSA) is 36.7 Å². The Morgan fingerprint density at radius 3 is 2.71 bits per heavy atom. The van der Waals surface area contributed by atoms with E-state index < -0.39 is 17.8 Å². The normalized spacial score (nSPS) is 10.3. The minimum Gasteiger partial charge on any atom is -0.257 e. The van der Waals surface area contributed by atoms with Gasteiger partial charge in [0.1, 0.15) is 0 Å². The standard InChI is InChI=1S/C9H7F3N2/c1-5-7(2-3-13)14-4-6(10)8(5)9(11)12/h4,9H,2H2,1H3. The van der Waals surface area contributed by atoms with E-state index in [1.165, 1.54) is 6.92 Å². The smallest absolute Gasteiger partial charge is 0.257 e. The Bertz CT molecular complexity index is 382. The molecule has 2 nitrogen and oxygen atoms in total. The van der Waals surface area contributed by atoms with Crippen molar-refractivity contribution in [1.29, 1.82) is 5.26 Å². The Balaban J connectivity index is 3.28. The van der Waals surface area contributed by atoms with Gasteiger partial charge in [-0.15, -0.1) is 0 Å². The zero-order valence-electron chi connectivity index (χ0n) is 7.39. The zero-order valence-corrected chi connectivity index (χ0v) is 7.39. The molecule has 0 aromatic carbocycles. The number of halogens is 3. The van der Waals surface area contributed by atoms with Crippen molar-refractivity contribution in [3.8, 4) is 6.07 Å². The number of nitriles is 1. The highest BCUT2D eigenvalue weighted by molar-refractivity contribution is 5.32. The van der Waals surface area contributed by atoms with E-state index in [2.05, 4.69) is 4.98 Å². The molecule has 0 bridgehead atoms. The summed E-state index contributed by atoms with van der Waals surface area (Å²) in [6.45, 7) is 1.34. The van der Waals surface area contributed by atoms with Crippen LogP contribution in [0.2, 0.25) is 0 Å². The van der Waals surface area contributed by atoms with Crippen LogP contribution in [-0.2, 0) is 6.42 Å². The summed E-state index contributed by atoms with van der Waals surface area (Å²) in [7, 11) is 0. The predicted molar refractivity (Wildman–Crippen MR) is 43.2 cm³/mol. The van der Waals surface area contributed by atoms with Crippen molar-refractivity contribution in [2.45, 2.75) is 19.8 Å². The third-order valence-electron chi connectivity index (χ3n) is 1.89. The molecule has 0 fully saturated rings. The van der Waals surface area contributed by atoms with Gasteiger partial charge in [0.2, 0.25) is 0 Å². The van der Waals surface area contributed by atoms with Crippen molar-refractivity contribution in [1.82, 2.24) is 4.98 Å². The molecule has 0 saturated carbocycles. The molecule has 1 aromatic heterocycles. The Morgan fingerprint density at radius 1 is 1.57 bits per heavy atom. The molecule has 14 heavy (non-hydrogen) atoms. The van der Waals surface area contributed by atoms with Gasteiger partial charge in [-0.05, 0) is 12.5 Å². The highest BCUT2D eigenvalue weighted by Crippen LogP contribution is 2.26. The molecule has 0 atom stereocenters. The number of rotatable bonds is 2. The zero-order chi connectivity index (χ0) is 10.7. The lowest BCUT2D eigenvalue weighted by atomic mass is 10.1. The number of alkyl halides is 2. The van der Waals surface area contributed by atoms with Gasteiger partial charge in [-0.1, -0.05) is 0 Å². The van der Waals surface area contributed by atoms with Crippen LogP contribution in [0.15, 0.2) is 6.20 Å². The first-order valence-corrected chi connectivity index (χ1v) is 3.87. The maximum absolute atomic E-state index is 12.9. The molecular weight excluding hydrogens is 193 g/mol. The molecule has 5 heteroatoms. The molecule has 74 valence electrons. The van der Waals surface area contributed by atoms with E-state index in [0.29, 0.717) is 0 Å². The van der Waals surface area contributed by atoms with Crippen molar-refractivity contribution in [3.05, 3.63) is 28.8 Å². The average molecular weight is 200 g/mol. The molecule has 0 spiro atoms.